The van der Waals surface area contributed by atoms with Gasteiger partial charge in [0.05, 0.1) is 11.3 Å². The number of thiophene rings is 1. The molecule has 3 rings (SSSR count). The summed E-state index contributed by atoms with van der Waals surface area (Å²) in [5.41, 5.74) is 1.69. The Morgan fingerprint density at radius 3 is 2.54 bits per heavy atom. The fourth-order valence-electron chi connectivity index (χ4n) is 2.23. The molecule has 0 bridgehead atoms. The molecule has 0 aliphatic carbocycles. The van der Waals surface area contributed by atoms with Gasteiger partial charge in [-0.25, -0.2) is 9.48 Å². The van der Waals surface area contributed by atoms with E-state index in [4.69, 9.17) is 4.74 Å². The van der Waals surface area contributed by atoms with Crippen LogP contribution in [0.5, 0.6) is 0 Å². The molecule has 0 aliphatic heterocycles. The average Bonchev–Trinajstić information content (AvgIpc) is 3.22. The molecule has 0 N–H and O–H groups in total. The molecule has 1 aromatic carbocycles. The summed E-state index contributed by atoms with van der Waals surface area (Å²) in [6.07, 6.45) is 1.46. The zero-order chi connectivity index (χ0) is 17.1. The van der Waals surface area contributed by atoms with E-state index in [1.54, 1.807) is 35.6 Å². The van der Waals surface area contributed by atoms with E-state index in [0.29, 0.717) is 11.1 Å². The third-order valence-corrected chi connectivity index (χ3v) is 4.36. The maximum absolute atomic E-state index is 12.1. The first-order valence-electron chi connectivity index (χ1n) is 7.15. The molecule has 0 aliphatic rings. The SMILES string of the molecule is Cc1cc(C(=O)COC(=O)c2ccc(-n3cnnn3)cc2)c(C)s1. The number of esters is 1. The minimum atomic E-state index is -0.545. The van der Waals surface area contributed by atoms with Gasteiger partial charge in [-0.3, -0.25) is 4.79 Å². The van der Waals surface area contributed by atoms with Crippen LogP contribution in [0.25, 0.3) is 5.69 Å². The van der Waals surface area contributed by atoms with Gasteiger partial charge in [0, 0.05) is 15.3 Å². The normalized spacial score (nSPS) is 10.6. The van der Waals surface area contributed by atoms with Crippen LogP contribution < -0.4 is 0 Å². The predicted molar refractivity (Wildman–Crippen MR) is 87.6 cm³/mol. The number of Topliss-reactive ketones (excluding diaryl/α,β-unsaturated/α-hetero) is 1. The highest BCUT2D eigenvalue weighted by molar-refractivity contribution is 7.12. The number of ether oxygens (including phenoxy) is 1. The minimum absolute atomic E-state index is 0.199. The molecule has 122 valence electrons. The van der Waals surface area contributed by atoms with E-state index in [1.165, 1.54) is 11.0 Å². The summed E-state index contributed by atoms with van der Waals surface area (Å²) in [6.45, 7) is 3.54. The Bertz CT molecular complexity index is 869. The molecular weight excluding hydrogens is 328 g/mol. The molecule has 0 amide bonds. The number of ketones is 1. The van der Waals surface area contributed by atoms with Crippen molar-refractivity contribution in [3.63, 3.8) is 0 Å². The second-order valence-electron chi connectivity index (χ2n) is 5.13. The van der Waals surface area contributed by atoms with Gasteiger partial charge in [0.25, 0.3) is 0 Å². The zero-order valence-electron chi connectivity index (χ0n) is 13.1. The van der Waals surface area contributed by atoms with E-state index in [1.807, 2.05) is 19.9 Å². The number of hydrogen-bond acceptors (Lipinski definition) is 7. The number of tetrazole rings is 1. The van der Waals surface area contributed by atoms with Crippen molar-refractivity contribution in [1.82, 2.24) is 20.2 Å². The molecule has 8 heteroatoms. The molecule has 0 radical (unpaired) electrons. The quantitative estimate of drug-likeness (QED) is 0.523. The number of nitrogens with zero attached hydrogens (tertiary/aromatic N) is 4. The second kappa shape index (κ2) is 6.71. The van der Waals surface area contributed by atoms with Crippen LogP contribution in [0.1, 0.15) is 30.5 Å². The van der Waals surface area contributed by atoms with E-state index in [0.717, 1.165) is 15.4 Å². The Balaban J connectivity index is 1.63. The maximum Gasteiger partial charge on any atom is 0.338 e. The fraction of sp³-hybridized carbons (Fsp3) is 0.188. The van der Waals surface area contributed by atoms with Gasteiger partial charge < -0.3 is 4.74 Å². The number of aromatic nitrogens is 4. The lowest BCUT2D eigenvalue weighted by atomic mass is 10.1. The number of aryl methyl sites for hydroxylation is 2. The largest absolute Gasteiger partial charge is 0.454 e. The molecule has 0 unspecified atom stereocenters. The predicted octanol–water partition coefficient (Wildman–Crippen LogP) is 2.38. The van der Waals surface area contributed by atoms with Crippen LogP contribution in [0, 0.1) is 13.8 Å². The van der Waals surface area contributed by atoms with Gasteiger partial charge >= 0.3 is 5.97 Å². The molecule has 7 nitrogen and oxygen atoms in total. The van der Waals surface area contributed by atoms with Crippen LogP contribution in [0.4, 0.5) is 0 Å². The highest BCUT2D eigenvalue weighted by Crippen LogP contribution is 2.21. The van der Waals surface area contributed by atoms with Crippen LogP contribution in [0.3, 0.4) is 0 Å². The van der Waals surface area contributed by atoms with Crippen molar-refractivity contribution >= 4 is 23.1 Å². The lowest BCUT2D eigenvalue weighted by Crippen LogP contribution is -2.14. The lowest BCUT2D eigenvalue weighted by Gasteiger charge is -2.05. The van der Waals surface area contributed by atoms with E-state index in [2.05, 4.69) is 15.5 Å². The van der Waals surface area contributed by atoms with Gasteiger partial charge in [-0.05, 0) is 54.6 Å². The summed E-state index contributed by atoms with van der Waals surface area (Å²) >= 11 is 1.55. The van der Waals surface area contributed by atoms with Gasteiger partial charge in [0.2, 0.25) is 5.78 Å². The molecule has 0 spiro atoms. The number of benzene rings is 1. The Kier molecular flexibility index (Phi) is 4.48. The van der Waals surface area contributed by atoms with Gasteiger partial charge in [0.1, 0.15) is 6.33 Å². The second-order valence-corrected chi connectivity index (χ2v) is 6.59. The standard InChI is InChI=1S/C16H14N4O3S/c1-10-7-14(11(2)24-10)15(21)8-23-16(22)12-3-5-13(6-4-12)20-9-17-18-19-20/h3-7,9H,8H2,1-2H3. The zero-order valence-corrected chi connectivity index (χ0v) is 13.9. The summed E-state index contributed by atoms with van der Waals surface area (Å²) in [5.74, 6) is -0.744. The molecule has 0 atom stereocenters. The number of hydrogen-bond donors (Lipinski definition) is 0. The Labute approximate surface area is 141 Å². The maximum atomic E-state index is 12.1. The Hall–Kier alpha value is -2.87. The summed E-state index contributed by atoms with van der Waals surface area (Å²) in [4.78, 5) is 26.2. The van der Waals surface area contributed by atoms with Crippen LogP contribution in [-0.2, 0) is 4.74 Å². The van der Waals surface area contributed by atoms with Crippen molar-refractivity contribution in [2.24, 2.45) is 0 Å². The number of rotatable bonds is 5. The molecular formula is C16H14N4O3S. The summed E-state index contributed by atoms with van der Waals surface area (Å²) < 4.78 is 6.58. The monoisotopic (exact) mass is 342 g/mol. The lowest BCUT2D eigenvalue weighted by molar-refractivity contribution is 0.0474. The number of carbonyl (C=O) groups is 2. The topological polar surface area (TPSA) is 87.0 Å². The van der Waals surface area contributed by atoms with Crippen LogP contribution in [0.15, 0.2) is 36.7 Å². The summed E-state index contributed by atoms with van der Waals surface area (Å²) in [5, 5.41) is 10.9. The molecule has 0 fully saturated rings. The Morgan fingerprint density at radius 1 is 1.21 bits per heavy atom. The first-order valence-corrected chi connectivity index (χ1v) is 7.97. The molecule has 24 heavy (non-hydrogen) atoms. The van der Waals surface area contributed by atoms with Crippen molar-refractivity contribution in [3.05, 3.63) is 57.5 Å². The smallest absolute Gasteiger partial charge is 0.338 e. The molecule has 2 aromatic heterocycles. The van der Waals surface area contributed by atoms with Gasteiger partial charge in [-0.1, -0.05) is 0 Å². The molecule has 0 saturated carbocycles. The molecule has 0 saturated heterocycles. The van der Waals surface area contributed by atoms with Crippen LogP contribution in [-0.4, -0.2) is 38.6 Å². The summed E-state index contributed by atoms with van der Waals surface area (Å²) in [6, 6.07) is 8.41. The van der Waals surface area contributed by atoms with Crippen molar-refractivity contribution in [1.29, 1.82) is 0 Å². The first kappa shape index (κ1) is 16.0. The van der Waals surface area contributed by atoms with E-state index < -0.39 is 5.97 Å². The molecule has 2 heterocycles. The third-order valence-electron chi connectivity index (χ3n) is 3.39. The molecule has 3 aromatic rings. The van der Waals surface area contributed by atoms with Crippen molar-refractivity contribution < 1.29 is 14.3 Å². The van der Waals surface area contributed by atoms with Gasteiger partial charge in [-0.15, -0.1) is 16.4 Å². The van der Waals surface area contributed by atoms with E-state index >= 15 is 0 Å². The van der Waals surface area contributed by atoms with E-state index in [-0.39, 0.29) is 12.4 Å². The summed E-state index contributed by atoms with van der Waals surface area (Å²) in [7, 11) is 0. The first-order chi connectivity index (χ1) is 11.5. The number of carbonyl (C=O) groups excluding carboxylic acids is 2. The minimum Gasteiger partial charge on any atom is -0.454 e. The van der Waals surface area contributed by atoms with Gasteiger partial charge in [0.15, 0.2) is 6.61 Å². The van der Waals surface area contributed by atoms with Crippen molar-refractivity contribution in [2.75, 3.05) is 6.61 Å². The van der Waals surface area contributed by atoms with Crippen LogP contribution in [0.2, 0.25) is 0 Å². The van der Waals surface area contributed by atoms with Gasteiger partial charge in [-0.2, -0.15) is 0 Å². The fourth-order valence-corrected chi connectivity index (χ4v) is 3.17. The highest BCUT2D eigenvalue weighted by atomic mass is 32.1. The third kappa shape index (κ3) is 3.38. The van der Waals surface area contributed by atoms with Crippen LogP contribution >= 0.6 is 11.3 Å². The van der Waals surface area contributed by atoms with Crippen molar-refractivity contribution in [2.45, 2.75) is 13.8 Å². The van der Waals surface area contributed by atoms with E-state index in [9.17, 15) is 9.59 Å². The Morgan fingerprint density at radius 2 is 1.96 bits per heavy atom. The average molecular weight is 342 g/mol. The highest BCUT2D eigenvalue weighted by Gasteiger charge is 2.15. The van der Waals surface area contributed by atoms with Crippen molar-refractivity contribution in [3.8, 4) is 5.69 Å².